The van der Waals surface area contributed by atoms with Crippen molar-refractivity contribution in [3.63, 3.8) is 0 Å². The zero-order valence-electron chi connectivity index (χ0n) is 33.3. The second-order valence-corrected chi connectivity index (χ2v) is 16.7. The number of benzene rings is 9. The minimum atomic E-state index is -0.495. The van der Waals surface area contributed by atoms with Crippen molar-refractivity contribution in [2.45, 2.75) is 15.2 Å². The molecule has 61 heavy (non-hydrogen) atoms. The average molecular weight is 798 g/mol. The molecule has 0 unspecified atom stereocenters. The van der Waals surface area contributed by atoms with Gasteiger partial charge in [-0.15, -0.1) is 0 Å². The van der Waals surface area contributed by atoms with E-state index in [0.29, 0.717) is 0 Å². The molecular weight excluding hydrogens is 759 g/mol. The van der Waals surface area contributed by atoms with Gasteiger partial charge < -0.3 is 4.90 Å². The van der Waals surface area contributed by atoms with Crippen LogP contribution in [0.15, 0.2) is 246 Å². The molecule has 12 rings (SSSR count). The highest BCUT2D eigenvalue weighted by Crippen LogP contribution is 2.58. The van der Waals surface area contributed by atoms with Crippen LogP contribution in [0, 0.1) is 0 Å². The van der Waals surface area contributed by atoms with Crippen LogP contribution in [-0.4, -0.2) is 4.57 Å². The van der Waals surface area contributed by atoms with Crippen molar-refractivity contribution >= 4 is 56.9 Å². The molecule has 1 aromatic heterocycles. The Bertz CT molecular complexity index is 3170. The zero-order valence-corrected chi connectivity index (χ0v) is 34.1. The maximum atomic E-state index is 2.45. The van der Waals surface area contributed by atoms with Gasteiger partial charge in [-0.1, -0.05) is 169 Å². The minimum Gasteiger partial charge on any atom is -0.310 e. The van der Waals surface area contributed by atoms with Gasteiger partial charge in [0.25, 0.3) is 0 Å². The predicted octanol–water partition coefficient (Wildman–Crippen LogP) is 15.4. The lowest BCUT2D eigenvalue weighted by molar-refractivity contribution is 0.768. The number of hydrogen-bond donors (Lipinski definition) is 0. The lowest BCUT2D eigenvalue weighted by atomic mass is 9.67. The summed E-state index contributed by atoms with van der Waals surface area (Å²) in [6.45, 7) is 0. The monoisotopic (exact) mass is 797 g/mol. The van der Waals surface area contributed by atoms with E-state index in [0.717, 1.165) is 34.3 Å². The third kappa shape index (κ3) is 5.46. The molecule has 10 aromatic rings. The molecule has 0 fully saturated rings. The molecule has 0 spiro atoms. The summed E-state index contributed by atoms with van der Waals surface area (Å²) in [5.41, 5.74) is 15.0. The van der Waals surface area contributed by atoms with E-state index in [1.165, 1.54) is 59.8 Å². The van der Waals surface area contributed by atoms with Crippen molar-refractivity contribution in [3.8, 4) is 16.8 Å². The Morgan fingerprint density at radius 2 is 0.967 bits per heavy atom. The van der Waals surface area contributed by atoms with Crippen LogP contribution in [0.2, 0.25) is 0 Å². The van der Waals surface area contributed by atoms with Crippen LogP contribution in [0.25, 0.3) is 27.7 Å². The molecule has 1 aliphatic heterocycles. The summed E-state index contributed by atoms with van der Waals surface area (Å²) >= 11 is 1.86. The minimum absolute atomic E-state index is 0.495. The molecule has 0 radical (unpaired) electrons. The van der Waals surface area contributed by atoms with E-state index in [-0.39, 0.29) is 0 Å². The van der Waals surface area contributed by atoms with E-state index in [4.69, 9.17) is 0 Å². The number of rotatable bonds is 7. The number of hydrogen-bond acceptors (Lipinski definition) is 3. The van der Waals surface area contributed by atoms with Crippen molar-refractivity contribution < 1.29 is 0 Å². The van der Waals surface area contributed by atoms with E-state index in [2.05, 4.69) is 251 Å². The summed E-state index contributed by atoms with van der Waals surface area (Å²) in [5, 5.41) is 1.25. The van der Waals surface area contributed by atoms with Crippen LogP contribution in [0.4, 0.5) is 34.3 Å². The Balaban J connectivity index is 1.04. The van der Waals surface area contributed by atoms with Crippen LogP contribution in [0.3, 0.4) is 0 Å². The molecule has 0 atom stereocenters. The Morgan fingerprint density at radius 1 is 0.410 bits per heavy atom. The Labute approximate surface area is 360 Å². The summed E-state index contributed by atoms with van der Waals surface area (Å²) in [6, 6.07) is 86.4. The predicted molar refractivity (Wildman–Crippen MR) is 254 cm³/mol. The number of anilines is 6. The normalized spacial score (nSPS) is 13.3. The molecule has 0 amide bonds. The molecule has 3 nitrogen and oxygen atoms in total. The first kappa shape index (κ1) is 35.4. The Morgan fingerprint density at radius 3 is 1.70 bits per heavy atom. The van der Waals surface area contributed by atoms with Gasteiger partial charge in [-0.3, -0.25) is 9.47 Å². The lowest BCUT2D eigenvalue weighted by Gasteiger charge is -2.35. The standard InChI is InChI=1S/C57H39N3S/c1-5-19-40(20-6-1)57(41-21-7-2-8-22-41)50-29-15-13-27-47(50)48-38-37-46(39-51(48)57)58(42-23-9-3-10-24-42)44-33-35-45(36-34-44)60-53-31-17-18-32-54(53)61-55-49-28-14-16-30-52(49)59(56(55)60)43-25-11-4-12-26-43/h1-39H. The third-order valence-electron chi connectivity index (χ3n) is 12.4. The van der Waals surface area contributed by atoms with E-state index in [1.807, 2.05) is 11.8 Å². The molecule has 0 saturated carbocycles. The molecule has 288 valence electrons. The summed E-state index contributed by atoms with van der Waals surface area (Å²) in [7, 11) is 0. The molecule has 1 aliphatic carbocycles. The maximum absolute atomic E-state index is 2.45. The molecule has 2 heterocycles. The molecule has 0 N–H and O–H groups in total. The molecular formula is C57H39N3S. The fraction of sp³-hybridized carbons (Fsp3) is 0.0175. The first-order chi connectivity index (χ1) is 30.3. The highest BCUT2D eigenvalue weighted by Gasteiger charge is 2.46. The van der Waals surface area contributed by atoms with Gasteiger partial charge >= 0.3 is 0 Å². The van der Waals surface area contributed by atoms with Gasteiger partial charge in [0, 0.05) is 38.7 Å². The topological polar surface area (TPSA) is 11.4 Å². The van der Waals surface area contributed by atoms with Gasteiger partial charge in [0.2, 0.25) is 0 Å². The van der Waals surface area contributed by atoms with Crippen LogP contribution in [-0.2, 0) is 5.41 Å². The fourth-order valence-corrected chi connectivity index (χ4v) is 11.1. The van der Waals surface area contributed by atoms with E-state index < -0.39 is 5.41 Å². The number of nitrogens with zero attached hydrogens (tertiary/aromatic N) is 3. The van der Waals surface area contributed by atoms with Crippen LogP contribution in [0.5, 0.6) is 0 Å². The lowest BCUT2D eigenvalue weighted by Crippen LogP contribution is -2.28. The average Bonchev–Trinajstić information content (AvgIpc) is 3.82. The quantitative estimate of drug-likeness (QED) is 0.159. The van der Waals surface area contributed by atoms with E-state index in [9.17, 15) is 0 Å². The summed E-state index contributed by atoms with van der Waals surface area (Å²) in [4.78, 5) is 7.35. The van der Waals surface area contributed by atoms with E-state index in [1.54, 1.807) is 0 Å². The van der Waals surface area contributed by atoms with Crippen LogP contribution in [0.1, 0.15) is 22.3 Å². The second-order valence-electron chi connectivity index (χ2n) is 15.7. The molecule has 2 aliphatic rings. The molecule has 0 saturated heterocycles. The first-order valence-electron chi connectivity index (χ1n) is 20.9. The Kier molecular flexibility index (Phi) is 8.32. The summed E-state index contributed by atoms with van der Waals surface area (Å²) in [6.07, 6.45) is 0. The van der Waals surface area contributed by atoms with Gasteiger partial charge in [0.05, 0.1) is 21.5 Å². The van der Waals surface area contributed by atoms with Crippen molar-refractivity contribution in [2.75, 3.05) is 9.80 Å². The molecule has 9 aromatic carbocycles. The van der Waals surface area contributed by atoms with Crippen molar-refractivity contribution in [2.24, 2.45) is 0 Å². The third-order valence-corrected chi connectivity index (χ3v) is 13.6. The van der Waals surface area contributed by atoms with Crippen molar-refractivity contribution in [1.29, 1.82) is 0 Å². The number of fused-ring (bicyclic) bond motifs is 7. The van der Waals surface area contributed by atoms with Gasteiger partial charge in [0.15, 0.2) is 0 Å². The highest BCUT2D eigenvalue weighted by molar-refractivity contribution is 8.00. The van der Waals surface area contributed by atoms with Crippen LogP contribution >= 0.6 is 11.8 Å². The second kappa shape index (κ2) is 14.3. The smallest absolute Gasteiger partial charge is 0.137 e. The summed E-state index contributed by atoms with van der Waals surface area (Å²) < 4.78 is 2.42. The van der Waals surface area contributed by atoms with Crippen molar-refractivity contribution in [3.05, 3.63) is 259 Å². The number of para-hydroxylation sites is 4. The SMILES string of the molecule is c1ccc(N(c2ccc(N3c4ccccc4Sc4c3n(-c3ccccc3)c3ccccc43)cc2)c2ccc3c(c2)C(c2ccccc2)(c2ccccc2)c2ccccc2-3)cc1. The van der Waals surface area contributed by atoms with Crippen molar-refractivity contribution in [1.82, 2.24) is 4.57 Å². The molecule has 0 bridgehead atoms. The van der Waals surface area contributed by atoms with E-state index >= 15 is 0 Å². The number of aromatic nitrogens is 1. The van der Waals surface area contributed by atoms with Gasteiger partial charge in [0.1, 0.15) is 5.82 Å². The zero-order chi connectivity index (χ0) is 40.3. The highest BCUT2D eigenvalue weighted by atomic mass is 32.2. The summed E-state index contributed by atoms with van der Waals surface area (Å²) in [5.74, 6) is 1.15. The van der Waals surface area contributed by atoms with Gasteiger partial charge in [-0.2, -0.15) is 0 Å². The molecule has 4 heteroatoms. The largest absolute Gasteiger partial charge is 0.310 e. The van der Waals surface area contributed by atoms with Gasteiger partial charge in [-0.05, 0) is 112 Å². The Hall–Kier alpha value is -7.53. The van der Waals surface area contributed by atoms with Crippen LogP contribution < -0.4 is 9.80 Å². The maximum Gasteiger partial charge on any atom is 0.137 e. The fourth-order valence-electron chi connectivity index (χ4n) is 9.90. The first-order valence-corrected chi connectivity index (χ1v) is 21.7. The van der Waals surface area contributed by atoms with Gasteiger partial charge in [-0.25, -0.2) is 0 Å².